The van der Waals surface area contributed by atoms with Crippen LogP contribution in [0.1, 0.15) is 18.5 Å². The maximum absolute atomic E-state index is 11.3. The van der Waals surface area contributed by atoms with Gasteiger partial charge in [-0.05, 0) is 42.8 Å². The predicted molar refractivity (Wildman–Crippen MR) is 91.1 cm³/mol. The Morgan fingerprint density at radius 2 is 1.71 bits per heavy atom. The van der Waals surface area contributed by atoms with Crippen LogP contribution in [0.25, 0.3) is 0 Å². The monoisotopic (exact) mass is 368 g/mol. The van der Waals surface area contributed by atoms with E-state index < -0.39 is 10.0 Å². The summed E-state index contributed by atoms with van der Waals surface area (Å²) >= 11 is 3.46. The molecule has 0 aliphatic carbocycles. The van der Waals surface area contributed by atoms with Crippen LogP contribution in [0.5, 0.6) is 0 Å². The fourth-order valence-electron chi connectivity index (χ4n) is 2.00. The number of halogens is 1. The van der Waals surface area contributed by atoms with Crippen molar-refractivity contribution in [1.29, 1.82) is 0 Å². The fraction of sp³-hybridized carbons (Fsp3) is 0.200. The quantitative estimate of drug-likeness (QED) is 0.838. The fourth-order valence-corrected chi connectivity index (χ4v) is 2.97. The van der Waals surface area contributed by atoms with Gasteiger partial charge in [-0.25, -0.2) is 8.42 Å². The van der Waals surface area contributed by atoms with E-state index in [9.17, 15) is 8.42 Å². The van der Waals surface area contributed by atoms with Crippen LogP contribution in [0.3, 0.4) is 0 Å². The van der Waals surface area contributed by atoms with E-state index in [1.54, 1.807) is 12.1 Å². The molecule has 2 rings (SSSR count). The molecule has 21 heavy (non-hydrogen) atoms. The van der Waals surface area contributed by atoms with Crippen molar-refractivity contribution in [2.45, 2.75) is 13.0 Å². The molecule has 4 nitrogen and oxygen atoms in total. The van der Waals surface area contributed by atoms with Gasteiger partial charge in [0.1, 0.15) is 0 Å². The molecule has 1 atom stereocenters. The summed E-state index contributed by atoms with van der Waals surface area (Å²) < 4.78 is 26.0. The molecule has 0 amide bonds. The Morgan fingerprint density at radius 3 is 2.38 bits per heavy atom. The molecular weight excluding hydrogens is 352 g/mol. The van der Waals surface area contributed by atoms with E-state index in [4.69, 9.17) is 0 Å². The van der Waals surface area contributed by atoms with Gasteiger partial charge in [-0.1, -0.05) is 34.1 Å². The van der Waals surface area contributed by atoms with Crippen LogP contribution in [0.2, 0.25) is 0 Å². The molecule has 0 spiro atoms. The van der Waals surface area contributed by atoms with Crippen molar-refractivity contribution >= 4 is 37.3 Å². The molecular formula is C15H17BrN2O2S. The van der Waals surface area contributed by atoms with Crippen molar-refractivity contribution in [3.05, 3.63) is 58.6 Å². The van der Waals surface area contributed by atoms with Gasteiger partial charge in [0.15, 0.2) is 0 Å². The van der Waals surface area contributed by atoms with Gasteiger partial charge in [0.25, 0.3) is 0 Å². The molecule has 112 valence electrons. The minimum absolute atomic E-state index is 0.107. The Kier molecular flexibility index (Phi) is 4.90. The SMILES string of the molecule is CC(Nc1cccc(NS(C)(=O)=O)c1)c1cccc(Br)c1. The first-order valence-electron chi connectivity index (χ1n) is 6.43. The normalized spacial score (nSPS) is 12.7. The Balaban J connectivity index is 2.14. The summed E-state index contributed by atoms with van der Waals surface area (Å²) in [4.78, 5) is 0. The van der Waals surface area contributed by atoms with Crippen LogP contribution < -0.4 is 10.0 Å². The highest BCUT2D eigenvalue weighted by Crippen LogP contribution is 2.24. The average molecular weight is 369 g/mol. The molecule has 0 saturated carbocycles. The third-order valence-corrected chi connectivity index (χ3v) is 4.00. The molecule has 6 heteroatoms. The number of rotatable bonds is 5. The van der Waals surface area contributed by atoms with Gasteiger partial charge in [-0.3, -0.25) is 4.72 Å². The molecule has 0 aliphatic heterocycles. The third kappa shape index (κ3) is 5.06. The first-order chi connectivity index (χ1) is 9.83. The molecule has 0 bridgehead atoms. The maximum atomic E-state index is 11.3. The molecule has 0 fully saturated rings. The summed E-state index contributed by atoms with van der Waals surface area (Å²) in [6.07, 6.45) is 1.14. The Morgan fingerprint density at radius 1 is 1.05 bits per heavy atom. The zero-order chi connectivity index (χ0) is 15.5. The number of hydrogen-bond acceptors (Lipinski definition) is 3. The summed E-state index contributed by atoms with van der Waals surface area (Å²) in [5.41, 5.74) is 2.55. The summed E-state index contributed by atoms with van der Waals surface area (Å²) in [6, 6.07) is 15.4. The zero-order valence-corrected chi connectivity index (χ0v) is 14.2. The molecule has 0 radical (unpaired) electrons. The lowest BCUT2D eigenvalue weighted by Crippen LogP contribution is -2.10. The van der Waals surface area contributed by atoms with Gasteiger partial charge in [0.2, 0.25) is 10.0 Å². The summed E-state index contributed by atoms with van der Waals surface area (Å²) in [6.45, 7) is 2.05. The second-order valence-electron chi connectivity index (χ2n) is 4.88. The van der Waals surface area contributed by atoms with Crippen molar-refractivity contribution in [3.8, 4) is 0 Å². The average Bonchev–Trinajstić information content (AvgIpc) is 2.37. The second kappa shape index (κ2) is 6.49. The molecule has 2 aromatic rings. The number of benzene rings is 2. The minimum Gasteiger partial charge on any atom is -0.378 e. The van der Waals surface area contributed by atoms with E-state index in [-0.39, 0.29) is 6.04 Å². The van der Waals surface area contributed by atoms with Gasteiger partial charge < -0.3 is 5.32 Å². The topological polar surface area (TPSA) is 58.2 Å². The number of hydrogen-bond donors (Lipinski definition) is 2. The van der Waals surface area contributed by atoms with Crippen molar-refractivity contribution in [2.24, 2.45) is 0 Å². The van der Waals surface area contributed by atoms with Crippen molar-refractivity contribution in [3.63, 3.8) is 0 Å². The molecule has 1 unspecified atom stereocenters. The maximum Gasteiger partial charge on any atom is 0.229 e. The van der Waals surface area contributed by atoms with Crippen LogP contribution in [0, 0.1) is 0 Å². The first kappa shape index (κ1) is 15.9. The highest BCUT2D eigenvalue weighted by atomic mass is 79.9. The molecule has 0 aromatic heterocycles. The van der Waals surface area contributed by atoms with Crippen LogP contribution in [-0.2, 0) is 10.0 Å². The minimum atomic E-state index is -3.26. The highest BCUT2D eigenvalue weighted by molar-refractivity contribution is 9.10. The number of anilines is 2. The van der Waals surface area contributed by atoms with Crippen LogP contribution in [0.15, 0.2) is 53.0 Å². The van der Waals surface area contributed by atoms with Crippen LogP contribution in [-0.4, -0.2) is 14.7 Å². The van der Waals surface area contributed by atoms with Crippen molar-refractivity contribution in [2.75, 3.05) is 16.3 Å². The molecule has 2 N–H and O–H groups in total. The largest absolute Gasteiger partial charge is 0.378 e. The standard InChI is InChI=1S/C15H17BrN2O2S/c1-11(12-5-3-6-13(16)9-12)17-14-7-4-8-15(10-14)18-21(2,19)20/h3-11,17-18H,1-2H3. The van der Waals surface area contributed by atoms with Gasteiger partial charge >= 0.3 is 0 Å². The van der Waals surface area contributed by atoms with E-state index in [0.29, 0.717) is 5.69 Å². The lowest BCUT2D eigenvalue weighted by molar-refractivity contribution is 0.607. The molecule has 2 aromatic carbocycles. The van der Waals surface area contributed by atoms with Gasteiger partial charge in [-0.15, -0.1) is 0 Å². The Hall–Kier alpha value is -1.53. The van der Waals surface area contributed by atoms with Crippen LogP contribution in [0.4, 0.5) is 11.4 Å². The Labute approximate surface area is 133 Å². The predicted octanol–water partition coefficient (Wildman–Crippen LogP) is 3.99. The summed E-state index contributed by atoms with van der Waals surface area (Å²) in [5.74, 6) is 0. The lowest BCUT2D eigenvalue weighted by atomic mass is 10.1. The van der Waals surface area contributed by atoms with E-state index in [2.05, 4.69) is 39.0 Å². The summed E-state index contributed by atoms with van der Waals surface area (Å²) in [7, 11) is -3.26. The molecule has 0 saturated heterocycles. The third-order valence-electron chi connectivity index (χ3n) is 2.90. The van der Waals surface area contributed by atoms with Gasteiger partial charge in [0.05, 0.1) is 11.9 Å². The molecule has 0 aliphatic rings. The van der Waals surface area contributed by atoms with Crippen molar-refractivity contribution < 1.29 is 8.42 Å². The van der Waals surface area contributed by atoms with E-state index in [1.807, 2.05) is 30.3 Å². The number of sulfonamides is 1. The lowest BCUT2D eigenvalue weighted by Gasteiger charge is -2.17. The van der Waals surface area contributed by atoms with E-state index in [0.717, 1.165) is 22.0 Å². The molecule has 0 heterocycles. The smallest absolute Gasteiger partial charge is 0.229 e. The van der Waals surface area contributed by atoms with Crippen molar-refractivity contribution in [1.82, 2.24) is 0 Å². The first-order valence-corrected chi connectivity index (χ1v) is 9.12. The van der Waals surface area contributed by atoms with Crippen LogP contribution >= 0.6 is 15.9 Å². The van der Waals surface area contributed by atoms with Gasteiger partial charge in [-0.2, -0.15) is 0 Å². The number of nitrogens with one attached hydrogen (secondary N) is 2. The second-order valence-corrected chi connectivity index (χ2v) is 7.54. The highest BCUT2D eigenvalue weighted by Gasteiger charge is 2.07. The Bertz CT molecular complexity index is 732. The summed E-state index contributed by atoms with van der Waals surface area (Å²) in [5, 5.41) is 3.36. The van der Waals surface area contributed by atoms with Gasteiger partial charge in [0, 0.05) is 16.2 Å². The van der Waals surface area contributed by atoms with E-state index >= 15 is 0 Å². The zero-order valence-electron chi connectivity index (χ0n) is 11.8. The van der Waals surface area contributed by atoms with E-state index in [1.165, 1.54) is 0 Å².